The Balaban J connectivity index is 1.70. The third-order valence-electron chi connectivity index (χ3n) is 5.07. The lowest BCUT2D eigenvalue weighted by Crippen LogP contribution is -2.30. The van der Waals surface area contributed by atoms with E-state index in [2.05, 4.69) is 49.9 Å². The van der Waals surface area contributed by atoms with Crippen molar-refractivity contribution in [3.05, 3.63) is 84.0 Å². The number of carbonyl (C=O) groups excluding carboxylic acids is 1. The molecule has 124 valence electrons. The molecule has 2 heteroatoms. The van der Waals surface area contributed by atoms with Gasteiger partial charge in [0.1, 0.15) is 0 Å². The molecule has 0 aromatic heterocycles. The van der Waals surface area contributed by atoms with E-state index >= 15 is 0 Å². The van der Waals surface area contributed by atoms with Crippen molar-refractivity contribution in [2.75, 3.05) is 6.54 Å². The lowest BCUT2D eigenvalue weighted by atomic mass is 9.92. The first-order valence-electron chi connectivity index (χ1n) is 8.75. The molecule has 1 aromatic rings. The van der Waals surface area contributed by atoms with Gasteiger partial charge >= 0.3 is 0 Å². The van der Waals surface area contributed by atoms with Gasteiger partial charge in [-0.25, -0.2) is 0 Å². The number of benzene rings is 1. The molecule has 0 saturated carbocycles. The lowest BCUT2D eigenvalue weighted by Gasteiger charge is -2.25. The summed E-state index contributed by atoms with van der Waals surface area (Å²) in [6, 6.07) is 10.4. The van der Waals surface area contributed by atoms with E-state index in [1.807, 2.05) is 29.2 Å². The molecule has 0 N–H and O–H groups in total. The number of allylic oxidation sites excluding steroid dienone is 7. The number of amides is 1. The number of nitrogens with zero attached hydrogens (tertiary/aromatic N) is 1. The largest absolute Gasteiger partial charge is 0.336 e. The SMILES string of the molecule is C=CC1=CC=CCC=C1C[C@H]1CCN([C@@H](C)c2ccccc2)C1=O. The van der Waals surface area contributed by atoms with E-state index in [-0.39, 0.29) is 17.9 Å². The van der Waals surface area contributed by atoms with Crippen LogP contribution < -0.4 is 0 Å². The van der Waals surface area contributed by atoms with E-state index < -0.39 is 0 Å². The van der Waals surface area contributed by atoms with Crippen LogP contribution >= 0.6 is 0 Å². The molecule has 0 radical (unpaired) electrons. The Morgan fingerprint density at radius 2 is 2.12 bits per heavy atom. The quantitative estimate of drug-likeness (QED) is 0.749. The Bertz CT molecular complexity index is 696. The minimum atomic E-state index is 0.0869. The lowest BCUT2D eigenvalue weighted by molar-refractivity contribution is -0.132. The third kappa shape index (κ3) is 3.43. The molecule has 1 aliphatic carbocycles. The summed E-state index contributed by atoms with van der Waals surface area (Å²) in [7, 11) is 0. The summed E-state index contributed by atoms with van der Waals surface area (Å²) in [4.78, 5) is 14.9. The maximum atomic E-state index is 12.9. The van der Waals surface area contributed by atoms with Gasteiger partial charge in [-0.05, 0) is 42.9 Å². The molecule has 2 atom stereocenters. The van der Waals surface area contributed by atoms with Crippen molar-refractivity contribution in [3.63, 3.8) is 0 Å². The van der Waals surface area contributed by atoms with Gasteiger partial charge in [0, 0.05) is 12.5 Å². The number of carbonyl (C=O) groups is 1. The van der Waals surface area contributed by atoms with E-state index in [1.54, 1.807) is 0 Å². The molecule has 1 aromatic carbocycles. The van der Waals surface area contributed by atoms with Gasteiger partial charge in [0.15, 0.2) is 0 Å². The first-order valence-corrected chi connectivity index (χ1v) is 8.75. The number of hydrogen-bond acceptors (Lipinski definition) is 1. The standard InChI is InChI=1S/C22H25NO/c1-3-18-10-6-4-9-13-20(18)16-21-14-15-23(22(21)24)17(2)19-11-7-5-8-12-19/h3-8,10-13,17,21H,1,9,14-16H2,2H3/t17-,21+/m0/s1. The van der Waals surface area contributed by atoms with Crippen LogP contribution in [0.3, 0.4) is 0 Å². The monoisotopic (exact) mass is 319 g/mol. The van der Waals surface area contributed by atoms with Gasteiger partial charge < -0.3 is 4.90 Å². The predicted molar refractivity (Wildman–Crippen MR) is 99.4 cm³/mol. The number of hydrogen-bond donors (Lipinski definition) is 0. The smallest absolute Gasteiger partial charge is 0.226 e. The van der Waals surface area contributed by atoms with E-state index in [4.69, 9.17) is 0 Å². The molecular weight excluding hydrogens is 294 g/mol. The first kappa shape index (κ1) is 16.5. The Morgan fingerprint density at radius 1 is 1.33 bits per heavy atom. The molecule has 24 heavy (non-hydrogen) atoms. The highest BCUT2D eigenvalue weighted by Gasteiger charge is 2.35. The van der Waals surface area contributed by atoms with Crippen LogP contribution in [-0.4, -0.2) is 17.4 Å². The first-order chi connectivity index (χ1) is 11.7. The molecule has 1 aliphatic heterocycles. The summed E-state index contributed by atoms with van der Waals surface area (Å²) in [5, 5.41) is 0. The van der Waals surface area contributed by atoms with Gasteiger partial charge in [0.05, 0.1) is 6.04 Å². The third-order valence-corrected chi connectivity index (χ3v) is 5.07. The molecular formula is C22H25NO. The fourth-order valence-electron chi connectivity index (χ4n) is 3.60. The topological polar surface area (TPSA) is 20.3 Å². The Labute approximate surface area is 144 Å². The highest BCUT2D eigenvalue weighted by atomic mass is 16.2. The van der Waals surface area contributed by atoms with Crippen molar-refractivity contribution in [3.8, 4) is 0 Å². The highest BCUT2D eigenvalue weighted by Crippen LogP contribution is 2.33. The highest BCUT2D eigenvalue weighted by molar-refractivity contribution is 5.82. The zero-order valence-corrected chi connectivity index (χ0v) is 14.3. The van der Waals surface area contributed by atoms with Crippen molar-refractivity contribution < 1.29 is 4.79 Å². The zero-order chi connectivity index (χ0) is 16.9. The van der Waals surface area contributed by atoms with Gasteiger partial charge in [-0.2, -0.15) is 0 Å². The predicted octanol–water partition coefficient (Wildman–Crippen LogP) is 4.98. The minimum Gasteiger partial charge on any atom is -0.336 e. The normalized spacial score (nSPS) is 22.0. The average Bonchev–Trinajstić information content (AvgIpc) is 2.83. The zero-order valence-electron chi connectivity index (χ0n) is 14.3. The molecule has 1 saturated heterocycles. The number of rotatable bonds is 5. The molecule has 2 nitrogen and oxygen atoms in total. The van der Waals surface area contributed by atoms with Gasteiger partial charge in [0.25, 0.3) is 0 Å². The summed E-state index contributed by atoms with van der Waals surface area (Å²) in [5.74, 6) is 0.372. The maximum absolute atomic E-state index is 12.9. The van der Waals surface area contributed by atoms with Crippen molar-refractivity contribution in [2.24, 2.45) is 5.92 Å². The van der Waals surface area contributed by atoms with Gasteiger partial charge in [-0.1, -0.05) is 67.3 Å². The van der Waals surface area contributed by atoms with Crippen LogP contribution in [0.25, 0.3) is 0 Å². The molecule has 1 heterocycles. The van der Waals surface area contributed by atoms with E-state index in [1.165, 1.54) is 11.1 Å². The van der Waals surface area contributed by atoms with Crippen LogP contribution in [0.2, 0.25) is 0 Å². The Kier molecular flexibility index (Phi) is 5.14. The second-order valence-electron chi connectivity index (χ2n) is 6.53. The summed E-state index contributed by atoms with van der Waals surface area (Å²) >= 11 is 0. The fourth-order valence-corrected chi connectivity index (χ4v) is 3.60. The van der Waals surface area contributed by atoms with Gasteiger partial charge in [-0.15, -0.1) is 0 Å². The van der Waals surface area contributed by atoms with Crippen LogP contribution in [0, 0.1) is 5.92 Å². The van der Waals surface area contributed by atoms with Crippen molar-refractivity contribution >= 4 is 5.91 Å². The van der Waals surface area contributed by atoms with Crippen LogP contribution in [0.5, 0.6) is 0 Å². The van der Waals surface area contributed by atoms with E-state index in [0.29, 0.717) is 0 Å². The fraction of sp³-hybridized carbons (Fsp3) is 0.318. The summed E-state index contributed by atoms with van der Waals surface area (Å²) in [5.41, 5.74) is 3.60. The van der Waals surface area contributed by atoms with Crippen molar-refractivity contribution in [1.82, 2.24) is 4.90 Å². The van der Waals surface area contributed by atoms with Gasteiger partial charge in [-0.3, -0.25) is 4.79 Å². The molecule has 0 bridgehead atoms. The maximum Gasteiger partial charge on any atom is 0.226 e. The Morgan fingerprint density at radius 3 is 2.88 bits per heavy atom. The van der Waals surface area contributed by atoms with Crippen LogP contribution in [0.1, 0.15) is 37.8 Å². The van der Waals surface area contributed by atoms with Crippen molar-refractivity contribution in [1.29, 1.82) is 0 Å². The molecule has 2 aliphatic rings. The van der Waals surface area contributed by atoms with E-state index in [9.17, 15) is 4.79 Å². The minimum absolute atomic E-state index is 0.0869. The average molecular weight is 319 g/mol. The van der Waals surface area contributed by atoms with Crippen LogP contribution in [0.4, 0.5) is 0 Å². The van der Waals surface area contributed by atoms with E-state index in [0.717, 1.165) is 31.4 Å². The van der Waals surface area contributed by atoms with Crippen molar-refractivity contribution in [2.45, 2.75) is 32.2 Å². The Hall–Kier alpha value is -2.35. The number of likely N-dealkylation sites (tertiary alicyclic amines) is 1. The van der Waals surface area contributed by atoms with Crippen LogP contribution in [-0.2, 0) is 4.79 Å². The molecule has 1 amide bonds. The molecule has 3 rings (SSSR count). The van der Waals surface area contributed by atoms with Gasteiger partial charge in [0.2, 0.25) is 5.91 Å². The molecule has 1 fully saturated rings. The summed E-state index contributed by atoms with van der Waals surface area (Å²) in [6.07, 6.45) is 13.1. The van der Waals surface area contributed by atoms with Crippen LogP contribution in [0.15, 0.2) is 78.4 Å². The second kappa shape index (κ2) is 7.48. The molecule has 0 spiro atoms. The molecule has 0 unspecified atom stereocenters. The summed E-state index contributed by atoms with van der Waals surface area (Å²) in [6.45, 7) is 6.88. The summed E-state index contributed by atoms with van der Waals surface area (Å²) < 4.78 is 0. The second-order valence-corrected chi connectivity index (χ2v) is 6.53.